The van der Waals surface area contributed by atoms with Gasteiger partial charge in [-0.2, -0.15) is 0 Å². The van der Waals surface area contributed by atoms with Crippen LogP contribution in [0.4, 0.5) is 5.69 Å². The van der Waals surface area contributed by atoms with Crippen LogP contribution in [-0.4, -0.2) is 38.3 Å². The van der Waals surface area contributed by atoms with Crippen molar-refractivity contribution < 1.29 is 23.8 Å². The molecule has 1 spiro atoms. The maximum Gasteiger partial charge on any atom is 0.251 e. The zero-order valence-corrected chi connectivity index (χ0v) is 18.8. The SMILES string of the molecule is Cc1ccc(C(=O)NCCCN2C(=O)C3(COc4cc5c(cc43)OCO5)c3ccccc32)cc1. The summed E-state index contributed by atoms with van der Waals surface area (Å²) in [5.74, 6) is 1.79. The van der Waals surface area contributed by atoms with Gasteiger partial charge in [0.25, 0.3) is 5.91 Å². The number of fused-ring (bicyclic) bond motifs is 5. The van der Waals surface area contributed by atoms with Crippen molar-refractivity contribution in [3.8, 4) is 17.2 Å². The van der Waals surface area contributed by atoms with Crippen LogP contribution in [-0.2, 0) is 10.2 Å². The molecule has 1 unspecified atom stereocenters. The van der Waals surface area contributed by atoms with Gasteiger partial charge in [-0.15, -0.1) is 0 Å². The number of anilines is 1. The second-order valence-corrected chi connectivity index (χ2v) is 8.85. The number of carbonyl (C=O) groups is 2. The molecule has 3 aliphatic heterocycles. The van der Waals surface area contributed by atoms with Gasteiger partial charge < -0.3 is 24.4 Å². The van der Waals surface area contributed by atoms with Crippen LogP contribution >= 0.6 is 0 Å². The molecule has 7 nitrogen and oxygen atoms in total. The molecule has 1 N–H and O–H groups in total. The summed E-state index contributed by atoms with van der Waals surface area (Å²) in [4.78, 5) is 28.2. The Morgan fingerprint density at radius 3 is 2.56 bits per heavy atom. The summed E-state index contributed by atoms with van der Waals surface area (Å²) in [5, 5.41) is 2.95. The van der Waals surface area contributed by atoms with Gasteiger partial charge in [0.2, 0.25) is 12.7 Å². The molecule has 3 aromatic rings. The van der Waals surface area contributed by atoms with Crippen LogP contribution in [0.25, 0.3) is 0 Å². The van der Waals surface area contributed by atoms with Crippen molar-refractivity contribution in [3.63, 3.8) is 0 Å². The van der Waals surface area contributed by atoms with Crippen molar-refractivity contribution in [2.75, 3.05) is 31.4 Å². The van der Waals surface area contributed by atoms with E-state index in [1.54, 1.807) is 0 Å². The van der Waals surface area contributed by atoms with E-state index in [9.17, 15) is 9.59 Å². The molecule has 0 bridgehead atoms. The minimum Gasteiger partial charge on any atom is -0.491 e. The fraction of sp³-hybridized carbons (Fsp3) is 0.259. The quantitative estimate of drug-likeness (QED) is 0.594. The zero-order valence-electron chi connectivity index (χ0n) is 18.8. The highest BCUT2D eigenvalue weighted by Crippen LogP contribution is 2.54. The van der Waals surface area contributed by atoms with Gasteiger partial charge >= 0.3 is 0 Å². The number of aryl methyl sites for hydroxylation is 1. The van der Waals surface area contributed by atoms with Gasteiger partial charge in [0.15, 0.2) is 11.5 Å². The molecule has 0 aliphatic carbocycles. The molecule has 0 fully saturated rings. The summed E-state index contributed by atoms with van der Waals surface area (Å²) in [6.07, 6.45) is 0.628. The molecule has 0 radical (unpaired) electrons. The number of nitrogens with zero attached hydrogens (tertiary/aromatic N) is 1. The Morgan fingerprint density at radius 1 is 0.971 bits per heavy atom. The Morgan fingerprint density at radius 2 is 1.74 bits per heavy atom. The van der Waals surface area contributed by atoms with Gasteiger partial charge in [-0.1, -0.05) is 35.9 Å². The van der Waals surface area contributed by atoms with E-state index in [0.29, 0.717) is 42.3 Å². The zero-order chi connectivity index (χ0) is 23.3. The Kier molecular flexibility index (Phi) is 4.72. The number of rotatable bonds is 5. The Labute approximate surface area is 197 Å². The smallest absolute Gasteiger partial charge is 0.251 e. The van der Waals surface area contributed by atoms with Crippen LogP contribution in [0, 0.1) is 6.92 Å². The largest absolute Gasteiger partial charge is 0.491 e. The normalized spacial score (nSPS) is 19.2. The van der Waals surface area contributed by atoms with Crippen LogP contribution in [0.15, 0.2) is 60.7 Å². The summed E-state index contributed by atoms with van der Waals surface area (Å²) in [7, 11) is 0. The standard InChI is InChI=1S/C27H24N2O5/c1-17-7-9-18(10-8-17)25(30)28-11-4-12-29-21-6-3-2-5-19(21)27(26(29)31)15-32-22-14-24-23(13-20(22)27)33-16-34-24/h2-3,5-10,13-14H,4,11-12,15-16H2,1H3,(H,28,30). The van der Waals surface area contributed by atoms with Crippen LogP contribution in [0.3, 0.4) is 0 Å². The van der Waals surface area contributed by atoms with Gasteiger partial charge in [-0.3, -0.25) is 9.59 Å². The number of para-hydroxylation sites is 1. The van der Waals surface area contributed by atoms with Crippen molar-refractivity contribution in [3.05, 3.63) is 82.9 Å². The lowest BCUT2D eigenvalue weighted by Crippen LogP contribution is -2.43. The molecule has 0 aromatic heterocycles. The molecule has 2 amide bonds. The van der Waals surface area contributed by atoms with Crippen LogP contribution in [0.1, 0.15) is 33.5 Å². The predicted molar refractivity (Wildman–Crippen MR) is 126 cm³/mol. The number of carbonyl (C=O) groups excluding carboxylic acids is 2. The van der Waals surface area contributed by atoms with Crippen LogP contribution in [0.2, 0.25) is 0 Å². The maximum absolute atomic E-state index is 13.9. The van der Waals surface area contributed by atoms with Gasteiger partial charge in [0.1, 0.15) is 17.8 Å². The lowest BCUT2D eigenvalue weighted by atomic mass is 9.77. The van der Waals surface area contributed by atoms with Crippen LogP contribution < -0.4 is 24.4 Å². The van der Waals surface area contributed by atoms with Gasteiger partial charge in [-0.25, -0.2) is 0 Å². The van der Waals surface area contributed by atoms with E-state index in [2.05, 4.69) is 5.32 Å². The average Bonchev–Trinajstić information content (AvgIpc) is 3.53. The first-order valence-corrected chi connectivity index (χ1v) is 11.4. The van der Waals surface area contributed by atoms with Crippen molar-refractivity contribution >= 4 is 17.5 Å². The third kappa shape index (κ3) is 3.04. The van der Waals surface area contributed by atoms with Crippen molar-refractivity contribution in [1.29, 1.82) is 0 Å². The fourth-order valence-electron chi connectivity index (χ4n) is 5.03. The summed E-state index contributed by atoms with van der Waals surface area (Å²) in [5.41, 5.74) is 3.46. The molecule has 3 aliphatic rings. The predicted octanol–water partition coefficient (Wildman–Crippen LogP) is 3.57. The van der Waals surface area contributed by atoms with Crippen molar-refractivity contribution in [2.24, 2.45) is 0 Å². The molecule has 3 aromatic carbocycles. The van der Waals surface area contributed by atoms with E-state index >= 15 is 0 Å². The molecule has 3 heterocycles. The van der Waals surface area contributed by atoms with Crippen molar-refractivity contribution in [1.82, 2.24) is 5.32 Å². The molecule has 34 heavy (non-hydrogen) atoms. The first-order chi connectivity index (χ1) is 16.6. The Bertz CT molecular complexity index is 1300. The Balaban J connectivity index is 1.22. The monoisotopic (exact) mass is 456 g/mol. The molecule has 172 valence electrons. The van der Waals surface area contributed by atoms with Gasteiger partial charge in [0, 0.05) is 36.0 Å². The van der Waals surface area contributed by atoms with Crippen molar-refractivity contribution in [2.45, 2.75) is 18.8 Å². The lowest BCUT2D eigenvalue weighted by Gasteiger charge is -2.23. The summed E-state index contributed by atoms with van der Waals surface area (Å²) in [6.45, 7) is 3.35. The third-order valence-electron chi connectivity index (χ3n) is 6.80. The van der Waals surface area contributed by atoms with E-state index in [1.807, 2.05) is 72.5 Å². The van der Waals surface area contributed by atoms with E-state index in [0.717, 1.165) is 22.4 Å². The minimum absolute atomic E-state index is 0.0174. The molecule has 0 saturated carbocycles. The van der Waals surface area contributed by atoms with Gasteiger partial charge in [0.05, 0.1) is 0 Å². The Hall–Kier alpha value is -4.00. The highest BCUT2D eigenvalue weighted by Gasteiger charge is 2.57. The molecule has 1 atom stereocenters. The van der Waals surface area contributed by atoms with Gasteiger partial charge in [-0.05, 0) is 43.2 Å². The first kappa shape index (κ1) is 20.6. The van der Waals surface area contributed by atoms with E-state index < -0.39 is 5.41 Å². The number of hydrogen-bond donors (Lipinski definition) is 1. The maximum atomic E-state index is 13.9. The van der Waals surface area contributed by atoms with E-state index in [-0.39, 0.29) is 25.2 Å². The van der Waals surface area contributed by atoms with E-state index in [4.69, 9.17) is 14.2 Å². The second kappa shape index (κ2) is 7.80. The highest BCUT2D eigenvalue weighted by atomic mass is 16.7. The van der Waals surface area contributed by atoms with Crippen LogP contribution in [0.5, 0.6) is 17.2 Å². The number of amides is 2. The number of benzene rings is 3. The van der Waals surface area contributed by atoms with E-state index in [1.165, 1.54) is 0 Å². The minimum atomic E-state index is -0.905. The molecular weight excluding hydrogens is 432 g/mol. The fourth-order valence-corrected chi connectivity index (χ4v) is 5.03. The number of hydrogen-bond acceptors (Lipinski definition) is 5. The lowest BCUT2D eigenvalue weighted by molar-refractivity contribution is -0.122. The molecule has 0 saturated heterocycles. The number of nitrogens with one attached hydrogen (secondary N) is 1. The summed E-state index contributed by atoms with van der Waals surface area (Å²) in [6, 6.07) is 19.0. The highest BCUT2D eigenvalue weighted by molar-refractivity contribution is 6.11. The topological polar surface area (TPSA) is 77.1 Å². The molecular formula is C27H24N2O5. The molecule has 7 heteroatoms. The molecule has 6 rings (SSSR count). The summed E-state index contributed by atoms with van der Waals surface area (Å²) < 4.78 is 17.1. The second-order valence-electron chi connectivity index (χ2n) is 8.85. The first-order valence-electron chi connectivity index (χ1n) is 11.4. The average molecular weight is 456 g/mol. The third-order valence-corrected chi connectivity index (χ3v) is 6.80. The summed E-state index contributed by atoms with van der Waals surface area (Å²) >= 11 is 0. The number of ether oxygens (including phenoxy) is 3.